The molecule has 43 heavy (non-hydrogen) atoms. The lowest BCUT2D eigenvalue weighted by atomic mass is 9.96. The van der Waals surface area contributed by atoms with E-state index in [1.54, 1.807) is 13.0 Å². The highest BCUT2D eigenvalue weighted by Crippen LogP contribution is 2.31. The molecule has 224 valence electrons. The summed E-state index contributed by atoms with van der Waals surface area (Å²) in [5.41, 5.74) is 9.42. The summed E-state index contributed by atoms with van der Waals surface area (Å²) in [6, 6.07) is 32.5. The molecule has 4 heteroatoms. The van der Waals surface area contributed by atoms with Gasteiger partial charge in [-0.3, -0.25) is 9.69 Å². The molecule has 4 rings (SSSR count). The van der Waals surface area contributed by atoms with Gasteiger partial charge in [0, 0.05) is 19.1 Å². The minimum Gasteiger partial charge on any atom is -0.456 e. The average Bonchev–Trinajstić information content (AvgIpc) is 3.00. The molecule has 0 aliphatic heterocycles. The summed E-state index contributed by atoms with van der Waals surface area (Å²) in [5, 5.41) is 10.9. The number of hydrogen-bond acceptors (Lipinski definition) is 4. The number of benzene rings is 4. The third kappa shape index (κ3) is 8.53. The van der Waals surface area contributed by atoms with Gasteiger partial charge in [0.2, 0.25) is 0 Å². The van der Waals surface area contributed by atoms with Gasteiger partial charge in [0.05, 0.1) is 12.0 Å². The van der Waals surface area contributed by atoms with E-state index >= 15 is 0 Å². The van der Waals surface area contributed by atoms with Gasteiger partial charge in [0.15, 0.2) is 0 Å². The van der Waals surface area contributed by atoms with E-state index in [0.717, 1.165) is 11.1 Å². The Morgan fingerprint density at radius 2 is 1.37 bits per heavy atom. The fraction of sp³-hybridized carbons (Fsp3) is 0.308. The molecule has 4 aromatic carbocycles. The maximum atomic E-state index is 13.6. The van der Waals surface area contributed by atoms with Gasteiger partial charge in [0.1, 0.15) is 6.10 Å². The summed E-state index contributed by atoms with van der Waals surface area (Å²) >= 11 is 0. The van der Waals surface area contributed by atoms with E-state index in [-0.39, 0.29) is 6.04 Å². The number of carbonyl (C=O) groups excluding carboxylic acids is 1. The van der Waals surface area contributed by atoms with Gasteiger partial charge in [-0.25, -0.2) is 0 Å². The molecule has 4 aromatic rings. The Bertz CT molecular complexity index is 1490. The van der Waals surface area contributed by atoms with Crippen molar-refractivity contribution in [3.05, 3.63) is 148 Å². The maximum absolute atomic E-state index is 13.6. The molecule has 0 spiro atoms. The molecular weight excluding hydrogens is 530 g/mol. The van der Waals surface area contributed by atoms with Gasteiger partial charge in [0.25, 0.3) is 0 Å². The Morgan fingerprint density at radius 1 is 0.791 bits per heavy atom. The van der Waals surface area contributed by atoms with E-state index in [0.29, 0.717) is 13.1 Å². The van der Waals surface area contributed by atoms with Crippen LogP contribution in [0.5, 0.6) is 0 Å². The summed E-state index contributed by atoms with van der Waals surface area (Å²) < 4.78 is 6.33. The normalized spacial score (nSPS) is 14.4. The third-order valence-corrected chi connectivity index (χ3v) is 8.39. The lowest BCUT2D eigenvalue weighted by Crippen LogP contribution is -2.40. The number of rotatable bonds is 12. The number of aliphatic hydroxyl groups excluding tert-OH is 1. The average molecular weight is 576 g/mol. The van der Waals surface area contributed by atoms with Crippen molar-refractivity contribution >= 4 is 12.0 Å². The number of hydrogen-bond donors (Lipinski definition) is 1. The second-order valence-electron chi connectivity index (χ2n) is 11.8. The monoisotopic (exact) mass is 575 g/mol. The quantitative estimate of drug-likeness (QED) is 0.173. The van der Waals surface area contributed by atoms with Gasteiger partial charge in [-0.15, -0.1) is 0 Å². The molecule has 0 bridgehead atoms. The number of aliphatic hydroxyl groups is 1. The minimum atomic E-state index is -0.972. The Hall–Kier alpha value is -3.99. The van der Waals surface area contributed by atoms with Gasteiger partial charge in [-0.05, 0) is 80.5 Å². The molecule has 2 unspecified atom stereocenters. The first kappa shape index (κ1) is 31.9. The molecule has 0 saturated heterocycles. The predicted molar refractivity (Wildman–Crippen MR) is 176 cm³/mol. The first-order valence-corrected chi connectivity index (χ1v) is 15.2. The third-order valence-electron chi connectivity index (χ3n) is 8.39. The fourth-order valence-corrected chi connectivity index (χ4v) is 5.60. The molecule has 0 aliphatic rings. The van der Waals surface area contributed by atoms with E-state index in [1.807, 2.05) is 66.7 Å². The lowest BCUT2D eigenvalue weighted by molar-refractivity contribution is -0.160. The molecule has 0 amide bonds. The van der Waals surface area contributed by atoms with Crippen LogP contribution in [0.4, 0.5) is 0 Å². The predicted octanol–water partition coefficient (Wildman–Crippen LogP) is 8.31. The second kappa shape index (κ2) is 15.0. The van der Waals surface area contributed by atoms with E-state index in [4.69, 9.17) is 4.74 Å². The van der Waals surface area contributed by atoms with Crippen molar-refractivity contribution in [3.8, 4) is 0 Å². The second-order valence-corrected chi connectivity index (χ2v) is 11.8. The minimum absolute atomic E-state index is 0.157. The molecule has 1 N–H and O–H groups in total. The van der Waals surface area contributed by atoms with Crippen LogP contribution in [-0.4, -0.2) is 28.1 Å². The summed E-state index contributed by atoms with van der Waals surface area (Å²) in [6.07, 6.45) is 1.99. The van der Waals surface area contributed by atoms with Crippen molar-refractivity contribution in [1.29, 1.82) is 0 Å². The Balaban J connectivity index is 1.64. The van der Waals surface area contributed by atoms with Crippen LogP contribution in [0.15, 0.2) is 103 Å². The van der Waals surface area contributed by atoms with Gasteiger partial charge in [-0.2, -0.15) is 0 Å². The first-order valence-electron chi connectivity index (χ1n) is 15.2. The topological polar surface area (TPSA) is 49.8 Å². The number of ether oxygens (including phenoxy) is 1. The molecule has 0 radical (unpaired) electrons. The van der Waals surface area contributed by atoms with Crippen molar-refractivity contribution < 1.29 is 14.6 Å². The van der Waals surface area contributed by atoms with Crippen LogP contribution in [0.3, 0.4) is 0 Å². The molecule has 0 heterocycles. The number of nitrogens with zero attached hydrogens (tertiary/aromatic N) is 1. The molecular formula is C39H45NO3. The van der Waals surface area contributed by atoms with Crippen molar-refractivity contribution in [1.82, 2.24) is 4.90 Å². The highest BCUT2D eigenvalue weighted by atomic mass is 16.5. The maximum Gasteiger partial charge on any atom is 0.312 e. The SMILES string of the molecule is Cc1cc(C)c(CN(Cc2ccccc2C)[C@@H](C)[C@H](OC(=O)C(C)C(O)/C=C/c2ccccc2)c2ccccc2)c(C)c1. The number of aryl methyl sites for hydroxylation is 4. The standard InChI is InChI=1S/C39H45NO3/c1-27-23-29(3)36(30(4)24-27)26-40(25-35-20-14-13-15-28(35)2)32(6)38(34-18-11-8-12-19-34)43-39(42)31(5)37(41)22-21-33-16-9-7-10-17-33/h7-24,31-32,37-38,41H,25-26H2,1-6H3/b22-21+/t31?,32-,37?,38-/m0/s1. The number of esters is 1. The van der Waals surface area contributed by atoms with E-state index in [1.165, 1.54) is 33.4 Å². The molecule has 0 fully saturated rings. The fourth-order valence-electron chi connectivity index (χ4n) is 5.60. The van der Waals surface area contributed by atoms with Crippen molar-refractivity contribution in [2.75, 3.05) is 0 Å². The van der Waals surface area contributed by atoms with Crippen molar-refractivity contribution in [2.24, 2.45) is 5.92 Å². The van der Waals surface area contributed by atoms with Crippen LogP contribution in [-0.2, 0) is 22.6 Å². The zero-order valence-corrected chi connectivity index (χ0v) is 26.3. The van der Waals surface area contributed by atoms with Crippen LogP contribution in [0.25, 0.3) is 6.08 Å². The lowest BCUT2D eigenvalue weighted by Gasteiger charge is -2.36. The number of carbonyl (C=O) groups is 1. The zero-order valence-electron chi connectivity index (χ0n) is 26.3. The summed E-state index contributed by atoms with van der Waals surface area (Å²) in [5.74, 6) is -1.16. The van der Waals surface area contributed by atoms with Crippen molar-refractivity contribution in [3.63, 3.8) is 0 Å². The molecule has 4 nitrogen and oxygen atoms in total. The largest absolute Gasteiger partial charge is 0.456 e. The highest BCUT2D eigenvalue weighted by Gasteiger charge is 2.32. The molecule has 0 aromatic heterocycles. The van der Waals surface area contributed by atoms with Crippen LogP contribution in [0, 0.1) is 33.6 Å². The summed E-state index contributed by atoms with van der Waals surface area (Å²) in [6.45, 7) is 13.9. The molecule has 0 saturated carbocycles. The van der Waals surface area contributed by atoms with E-state index < -0.39 is 24.1 Å². The van der Waals surface area contributed by atoms with Crippen LogP contribution in [0.1, 0.15) is 64.5 Å². The Morgan fingerprint density at radius 3 is 2.00 bits per heavy atom. The molecule has 0 aliphatic carbocycles. The van der Waals surface area contributed by atoms with Gasteiger partial charge >= 0.3 is 5.97 Å². The van der Waals surface area contributed by atoms with Gasteiger partial charge < -0.3 is 9.84 Å². The molecule has 4 atom stereocenters. The van der Waals surface area contributed by atoms with Crippen LogP contribution < -0.4 is 0 Å². The van der Waals surface area contributed by atoms with Crippen LogP contribution >= 0.6 is 0 Å². The van der Waals surface area contributed by atoms with Crippen LogP contribution in [0.2, 0.25) is 0 Å². The Labute approximate surface area is 257 Å². The van der Waals surface area contributed by atoms with E-state index in [9.17, 15) is 9.90 Å². The smallest absolute Gasteiger partial charge is 0.312 e. The Kier molecular flexibility index (Phi) is 11.1. The first-order chi connectivity index (χ1) is 20.6. The summed E-state index contributed by atoms with van der Waals surface area (Å²) in [4.78, 5) is 16.0. The van der Waals surface area contributed by atoms with E-state index in [2.05, 4.69) is 75.9 Å². The van der Waals surface area contributed by atoms with Crippen molar-refractivity contribution in [2.45, 2.75) is 72.9 Å². The zero-order chi connectivity index (χ0) is 30.9. The highest BCUT2D eigenvalue weighted by molar-refractivity contribution is 5.73. The van der Waals surface area contributed by atoms with Gasteiger partial charge in [-0.1, -0.05) is 115 Å². The summed E-state index contributed by atoms with van der Waals surface area (Å²) in [7, 11) is 0.